The topological polar surface area (TPSA) is 71.1 Å². The van der Waals surface area contributed by atoms with E-state index in [9.17, 15) is 9.59 Å². The lowest BCUT2D eigenvalue weighted by atomic mass is 9.75. The number of nitrogens with zero attached hydrogens (tertiary/aromatic N) is 1. The summed E-state index contributed by atoms with van der Waals surface area (Å²) < 4.78 is 0. The molecule has 2 atom stereocenters. The Morgan fingerprint density at radius 2 is 2.07 bits per heavy atom. The average Bonchev–Trinajstić information content (AvgIpc) is 3.16. The molecule has 0 saturated carbocycles. The van der Waals surface area contributed by atoms with Crippen molar-refractivity contribution in [1.29, 1.82) is 0 Å². The fraction of sp³-hybridized carbons (Fsp3) is 0.318. The molecular formula is C22H23N3O2S. The summed E-state index contributed by atoms with van der Waals surface area (Å²) in [4.78, 5) is 31.5. The molecule has 2 aliphatic rings. The van der Waals surface area contributed by atoms with Gasteiger partial charge in [-0.3, -0.25) is 9.59 Å². The highest BCUT2D eigenvalue weighted by molar-refractivity contribution is 7.10. The number of dihydropyridines is 1. The second-order valence-corrected chi connectivity index (χ2v) is 8.60. The maximum atomic E-state index is 13.2. The van der Waals surface area contributed by atoms with Crippen LogP contribution < -0.4 is 10.6 Å². The highest BCUT2D eigenvalue weighted by atomic mass is 32.1. The van der Waals surface area contributed by atoms with Gasteiger partial charge in [-0.15, -0.1) is 11.3 Å². The van der Waals surface area contributed by atoms with E-state index < -0.39 is 0 Å². The molecule has 5 nitrogen and oxygen atoms in total. The van der Waals surface area contributed by atoms with Crippen molar-refractivity contribution in [2.45, 2.75) is 39.5 Å². The van der Waals surface area contributed by atoms with Crippen LogP contribution in [0.3, 0.4) is 0 Å². The maximum absolute atomic E-state index is 13.2. The number of anilines is 1. The summed E-state index contributed by atoms with van der Waals surface area (Å²) >= 11 is 1.58. The van der Waals surface area contributed by atoms with E-state index in [0.29, 0.717) is 23.7 Å². The van der Waals surface area contributed by atoms with Crippen LogP contribution in [0, 0.1) is 12.8 Å². The van der Waals surface area contributed by atoms with E-state index in [2.05, 4.69) is 22.5 Å². The number of thiophene rings is 1. The van der Waals surface area contributed by atoms with Crippen molar-refractivity contribution in [3.63, 3.8) is 0 Å². The van der Waals surface area contributed by atoms with E-state index in [4.69, 9.17) is 0 Å². The first kappa shape index (κ1) is 18.6. The Balaban J connectivity index is 1.74. The first-order chi connectivity index (χ1) is 13.4. The third-order valence-electron chi connectivity index (χ3n) is 5.26. The van der Waals surface area contributed by atoms with Crippen LogP contribution in [0.25, 0.3) is 0 Å². The van der Waals surface area contributed by atoms with Gasteiger partial charge in [-0.1, -0.05) is 19.1 Å². The van der Waals surface area contributed by atoms with Crippen LogP contribution >= 0.6 is 11.3 Å². The van der Waals surface area contributed by atoms with Gasteiger partial charge in [-0.2, -0.15) is 0 Å². The molecule has 0 aromatic carbocycles. The van der Waals surface area contributed by atoms with E-state index in [-0.39, 0.29) is 17.6 Å². The van der Waals surface area contributed by atoms with Crippen molar-refractivity contribution in [2.75, 3.05) is 5.32 Å². The number of pyridine rings is 1. The Hall–Kier alpha value is -2.73. The van der Waals surface area contributed by atoms with Gasteiger partial charge in [0.2, 0.25) is 0 Å². The van der Waals surface area contributed by atoms with Crippen molar-refractivity contribution in [1.82, 2.24) is 10.3 Å². The largest absolute Gasteiger partial charge is 0.362 e. The van der Waals surface area contributed by atoms with Gasteiger partial charge in [-0.25, -0.2) is 4.98 Å². The summed E-state index contributed by atoms with van der Waals surface area (Å²) in [6, 6.07) is 7.66. The molecule has 2 unspecified atom stereocenters. The lowest BCUT2D eigenvalue weighted by Gasteiger charge is -2.35. The van der Waals surface area contributed by atoms with Crippen molar-refractivity contribution in [3.8, 4) is 0 Å². The molecule has 0 saturated heterocycles. The zero-order chi connectivity index (χ0) is 19.8. The van der Waals surface area contributed by atoms with Gasteiger partial charge >= 0.3 is 0 Å². The first-order valence-corrected chi connectivity index (χ1v) is 10.3. The molecule has 4 rings (SSSR count). The summed E-state index contributed by atoms with van der Waals surface area (Å²) in [5.41, 5.74) is 4.12. The van der Waals surface area contributed by atoms with E-state index >= 15 is 0 Å². The SMILES string of the molecule is CC1=C(C(=O)Nc2ccc(C)cn2)C(c2cccs2)C2=C(CC(C)CC2=O)N1. The minimum Gasteiger partial charge on any atom is -0.362 e. The quantitative estimate of drug-likeness (QED) is 0.815. The van der Waals surface area contributed by atoms with E-state index in [1.54, 1.807) is 23.6 Å². The van der Waals surface area contributed by atoms with Gasteiger partial charge in [0.25, 0.3) is 5.91 Å². The number of nitrogens with one attached hydrogen (secondary N) is 2. The minimum atomic E-state index is -0.332. The van der Waals surface area contributed by atoms with Gasteiger partial charge in [-0.05, 0) is 49.3 Å². The minimum absolute atomic E-state index is 0.130. The van der Waals surface area contributed by atoms with E-state index in [0.717, 1.165) is 33.8 Å². The predicted octanol–water partition coefficient (Wildman–Crippen LogP) is 4.30. The predicted molar refractivity (Wildman–Crippen MR) is 111 cm³/mol. The third-order valence-corrected chi connectivity index (χ3v) is 6.19. The Labute approximate surface area is 168 Å². The number of rotatable bonds is 3. The van der Waals surface area contributed by atoms with Crippen molar-refractivity contribution < 1.29 is 9.59 Å². The molecule has 0 fully saturated rings. The molecule has 1 amide bonds. The van der Waals surface area contributed by atoms with Crippen LogP contribution in [0.5, 0.6) is 0 Å². The molecule has 0 spiro atoms. The Bertz CT molecular complexity index is 987. The lowest BCUT2D eigenvalue weighted by molar-refractivity contribution is -0.117. The van der Waals surface area contributed by atoms with Crippen LogP contribution in [-0.4, -0.2) is 16.7 Å². The Morgan fingerprint density at radius 1 is 1.25 bits per heavy atom. The average molecular weight is 394 g/mol. The number of aryl methyl sites for hydroxylation is 1. The summed E-state index contributed by atoms with van der Waals surface area (Å²) in [7, 11) is 0. The Kier molecular flexibility index (Phi) is 4.89. The number of carbonyl (C=O) groups excluding carboxylic acids is 2. The number of ketones is 1. The summed E-state index contributed by atoms with van der Waals surface area (Å²) in [5.74, 6) is 0.386. The summed E-state index contributed by atoms with van der Waals surface area (Å²) in [6.07, 6.45) is 3.07. The molecule has 28 heavy (non-hydrogen) atoms. The number of Topliss-reactive ketones (excluding diaryl/α,β-unsaturated/α-hetero) is 1. The van der Waals surface area contributed by atoms with Crippen molar-refractivity contribution in [2.24, 2.45) is 5.92 Å². The lowest BCUT2D eigenvalue weighted by Crippen LogP contribution is -2.36. The smallest absolute Gasteiger partial charge is 0.255 e. The zero-order valence-electron chi connectivity index (χ0n) is 16.2. The summed E-state index contributed by atoms with van der Waals surface area (Å²) in [6.45, 7) is 5.95. The van der Waals surface area contributed by atoms with Crippen molar-refractivity contribution >= 4 is 28.8 Å². The molecule has 2 aromatic heterocycles. The second kappa shape index (κ2) is 7.36. The van der Waals surface area contributed by atoms with Gasteiger partial charge in [0.15, 0.2) is 5.78 Å². The van der Waals surface area contributed by atoms with Crippen LogP contribution in [0.15, 0.2) is 58.4 Å². The number of allylic oxidation sites excluding steroid dienone is 3. The number of hydrogen-bond acceptors (Lipinski definition) is 5. The molecule has 2 aromatic rings. The molecule has 0 bridgehead atoms. The van der Waals surface area contributed by atoms with Crippen LogP contribution in [0.1, 0.15) is 43.0 Å². The van der Waals surface area contributed by atoms with Gasteiger partial charge < -0.3 is 10.6 Å². The summed E-state index contributed by atoms with van der Waals surface area (Å²) in [5, 5.41) is 8.25. The molecule has 6 heteroatoms. The van der Waals surface area contributed by atoms with Crippen LogP contribution in [0.4, 0.5) is 5.82 Å². The third kappa shape index (κ3) is 3.40. The van der Waals surface area contributed by atoms with Gasteiger partial charge in [0.05, 0.1) is 5.92 Å². The van der Waals surface area contributed by atoms with Gasteiger partial charge in [0.1, 0.15) is 5.82 Å². The number of carbonyl (C=O) groups is 2. The fourth-order valence-electron chi connectivity index (χ4n) is 4.00. The molecule has 1 aliphatic carbocycles. The number of amides is 1. The van der Waals surface area contributed by atoms with Crippen LogP contribution in [0.2, 0.25) is 0 Å². The second-order valence-electron chi connectivity index (χ2n) is 7.62. The van der Waals surface area contributed by atoms with E-state index in [1.165, 1.54) is 0 Å². The molecule has 144 valence electrons. The Morgan fingerprint density at radius 3 is 2.75 bits per heavy atom. The maximum Gasteiger partial charge on any atom is 0.255 e. The molecule has 1 aliphatic heterocycles. The molecular weight excluding hydrogens is 370 g/mol. The highest BCUT2D eigenvalue weighted by Gasteiger charge is 2.40. The standard InChI is InChI=1S/C22H23N3O2S/c1-12-6-7-18(23-11-12)25-22(27)19-14(3)24-15-9-13(2)10-16(26)20(15)21(19)17-5-4-8-28-17/h4-8,11,13,21,24H,9-10H2,1-3H3,(H,23,25,27). The first-order valence-electron chi connectivity index (χ1n) is 9.45. The fourth-order valence-corrected chi connectivity index (χ4v) is 4.84. The van der Waals surface area contributed by atoms with E-state index in [1.807, 2.05) is 37.4 Å². The molecule has 2 N–H and O–H groups in total. The number of aromatic nitrogens is 1. The number of hydrogen-bond donors (Lipinski definition) is 2. The normalized spacial score (nSPS) is 22.0. The monoisotopic (exact) mass is 393 g/mol. The molecule has 0 radical (unpaired) electrons. The highest BCUT2D eigenvalue weighted by Crippen LogP contribution is 2.44. The van der Waals surface area contributed by atoms with Gasteiger partial charge in [0, 0.05) is 40.0 Å². The van der Waals surface area contributed by atoms with Crippen molar-refractivity contribution in [3.05, 3.63) is 68.8 Å². The molecule has 3 heterocycles. The zero-order valence-corrected chi connectivity index (χ0v) is 17.0. The van der Waals surface area contributed by atoms with Crippen LogP contribution in [-0.2, 0) is 9.59 Å².